The first-order valence-electron chi connectivity index (χ1n) is 6.97. The number of carbonyl (C=O) groups is 1. The summed E-state index contributed by atoms with van der Waals surface area (Å²) in [4.78, 5) is 19.7. The van der Waals surface area contributed by atoms with Gasteiger partial charge in [0.05, 0.1) is 4.92 Å². The van der Waals surface area contributed by atoms with Gasteiger partial charge in [0.2, 0.25) is 0 Å². The van der Waals surface area contributed by atoms with Crippen molar-refractivity contribution in [2.24, 2.45) is 0 Å². The van der Waals surface area contributed by atoms with Crippen molar-refractivity contribution in [3.63, 3.8) is 0 Å². The van der Waals surface area contributed by atoms with Gasteiger partial charge in [0, 0.05) is 25.2 Å². The Labute approximate surface area is 129 Å². The number of hydrogen-bond acceptors (Lipinski definition) is 6. The minimum atomic E-state index is -0.401. The molecule has 7 nitrogen and oxygen atoms in total. The quantitative estimate of drug-likeness (QED) is 0.521. The fraction of sp³-hybridized carbons (Fsp3) is 0.533. The smallest absolute Gasteiger partial charge is 0.293 e. The van der Waals surface area contributed by atoms with Gasteiger partial charge in [-0.05, 0) is 39.3 Å². The fourth-order valence-electron chi connectivity index (χ4n) is 1.55. The highest BCUT2D eigenvalue weighted by atomic mass is 16.6. The van der Waals surface area contributed by atoms with Gasteiger partial charge in [-0.25, -0.2) is 0 Å². The summed E-state index contributed by atoms with van der Waals surface area (Å²) < 4.78 is 10.2. The molecule has 0 amide bonds. The minimum absolute atomic E-state index is 0.103. The van der Waals surface area contributed by atoms with Crippen molar-refractivity contribution >= 4 is 12.2 Å². The number of nitro groups is 1. The van der Waals surface area contributed by atoms with E-state index in [1.54, 1.807) is 6.07 Å². The third kappa shape index (κ3) is 6.09. The van der Waals surface area contributed by atoms with E-state index in [0.29, 0.717) is 6.47 Å². The summed E-state index contributed by atoms with van der Waals surface area (Å²) in [5, 5.41) is 13.6. The number of aryl methyl sites for hydroxylation is 1. The molecule has 1 N–H and O–H groups in total. The average Bonchev–Trinajstić information content (AvgIpc) is 2.34. The summed E-state index contributed by atoms with van der Waals surface area (Å²) in [6, 6.07) is 4.65. The molecule has 1 aromatic carbocycles. The van der Waals surface area contributed by atoms with E-state index >= 15 is 0 Å². The van der Waals surface area contributed by atoms with Gasteiger partial charge < -0.3 is 14.8 Å². The molecule has 1 heterocycles. The Morgan fingerprint density at radius 1 is 1.36 bits per heavy atom. The van der Waals surface area contributed by atoms with E-state index in [2.05, 4.69) is 10.1 Å². The first-order valence-corrected chi connectivity index (χ1v) is 6.97. The summed E-state index contributed by atoms with van der Waals surface area (Å²) >= 11 is 0. The molecule has 1 aliphatic rings. The summed E-state index contributed by atoms with van der Waals surface area (Å²) in [6.45, 7) is 9.42. The zero-order valence-corrected chi connectivity index (χ0v) is 13.3. The van der Waals surface area contributed by atoms with Crippen LogP contribution in [0.1, 0.15) is 26.3 Å². The number of benzene rings is 1. The zero-order chi connectivity index (χ0) is 16.8. The Balaban J connectivity index is 0.000000295. The minimum Gasteiger partial charge on any atom is -0.487 e. The van der Waals surface area contributed by atoms with E-state index in [0.717, 1.165) is 24.4 Å². The van der Waals surface area contributed by atoms with Crippen molar-refractivity contribution in [2.75, 3.05) is 13.1 Å². The number of carbonyl (C=O) groups excluding carboxylic acids is 1. The maximum atomic E-state index is 10.5. The molecule has 0 bridgehead atoms. The van der Waals surface area contributed by atoms with Gasteiger partial charge in [-0.15, -0.1) is 0 Å². The van der Waals surface area contributed by atoms with Crippen LogP contribution in [0.15, 0.2) is 18.2 Å². The Morgan fingerprint density at radius 3 is 2.32 bits per heavy atom. The van der Waals surface area contributed by atoms with E-state index in [1.165, 1.54) is 12.1 Å². The molecule has 0 spiro atoms. The maximum Gasteiger partial charge on any atom is 0.293 e. The molecule has 0 saturated carbocycles. The van der Waals surface area contributed by atoms with Gasteiger partial charge in [0.15, 0.2) is 0 Å². The number of non-ortho nitro benzene ring substituents is 1. The Kier molecular flexibility index (Phi) is 6.30. The highest BCUT2D eigenvalue weighted by Gasteiger charge is 2.19. The summed E-state index contributed by atoms with van der Waals surface area (Å²) in [5.74, 6) is 0.729. The Morgan fingerprint density at radius 2 is 2.00 bits per heavy atom. The first-order chi connectivity index (χ1) is 10.2. The van der Waals surface area contributed by atoms with Gasteiger partial charge >= 0.3 is 0 Å². The van der Waals surface area contributed by atoms with E-state index < -0.39 is 4.92 Å². The van der Waals surface area contributed by atoms with E-state index in [1.807, 2.05) is 27.7 Å². The van der Waals surface area contributed by atoms with Crippen LogP contribution in [0.2, 0.25) is 0 Å². The highest BCUT2D eigenvalue weighted by Crippen LogP contribution is 2.24. The van der Waals surface area contributed by atoms with Gasteiger partial charge in [0.25, 0.3) is 12.2 Å². The molecule has 122 valence electrons. The summed E-state index contributed by atoms with van der Waals surface area (Å²) in [6.07, 6.45) is 0.199. The van der Waals surface area contributed by atoms with Crippen molar-refractivity contribution in [1.29, 1.82) is 0 Å². The number of ether oxygens (including phenoxy) is 2. The molecule has 0 unspecified atom stereocenters. The Hall–Kier alpha value is -2.15. The van der Waals surface area contributed by atoms with E-state index in [4.69, 9.17) is 4.74 Å². The normalized spacial score (nSPS) is 14.2. The molecular formula is C15H22N2O5. The number of rotatable bonds is 4. The number of nitro benzene ring substituents is 1. The molecule has 2 rings (SSSR count). The third-order valence-corrected chi connectivity index (χ3v) is 2.81. The van der Waals surface area contributed by atoms with Gasteiger partial charge in [0.1, 0.15) is 17.5 Å². The molecule has 0 aromatic heterocycles. The molecule has 22 heavy (non-hydrogen) atoms. The van der Waals surface area contributed by atoms with Crippen molar-refractivity contribution in [3.05, 3.63) is 33.9 Å². The number of nitrogens with zero attached hydrogens (tertiary/aromatic N) is 1. The van der Waals surface area contributed by atoms with Crippen LogP contribution in [0.5, 0.6) is 5.75 Å². The van der Waals surface area contributed by atoms with Crippen molar-refractivity contribution < 1.29 is 19.2 Å². The summed E-state index contributed by atoms with van der Waals surface area (Å²) in [7, 11) is 0. The van der Waals surface area contributed by atoms with Crippen molar-refractivity contribution in [1.82, 2.24) is 5.32 Å². The standard InChI is InChI=1S/C10H12N2O3.C5H10O2/c1-7-4-8(12(13)14)2-3-10(7)15-9-5-11-6-9;1-5(2,3)7-4-6/h2-4,9,11H,5-6H2,1H3;4H,1-3H3. The second kappa shape index (κ2) is 7.74. The molecule has 1 saturated heterocycles. The SMILES string of the molecule is CC(C)(C)OC=O.Cc1cc([N+](=O)[O-])ccc1OC1CNC1. The predicted molar refractivity (Wildman–Crippen MR) is 82.0 cm³/mol. The largest absolute Gasteiger partial charge is 0.487 e. The molecule has 0 aliphatic carbocycles. The van der Waals surface area contributed by atoms with Crippen LogP contribution in [-0.4, -0.2) is 36.2 Å². The van der Waals surface area contributed by atoms with Crippen LogP contribution in [-0.2, 0) is 9.53 Å². The van der Waals surface area contributed by atoms with Crippen LogP contribution in [0.25, 0.3) is 0 Å². The topological polar surface area (TPSA) is 90.7 Å². The van der Waals surface area contributed by atoms with Crippen LogP contribution >= 0.6 is 0 Å². The molecule has 1 fully saturated rings. The van der Waals surface area contributed by atoms with Crippen LogP contribution in [0.4, 0.5) is 5.69 Å². The monoisotopic (exact) mass is 310 g/mol. The van der Waals surface area contributed by atoms with Gasteiger partial charge in [-0.2, -0.15) is 0 Å². The van der Waals surface area contributed by atoms with Crippen molar-refractivity contribution in [2.45, 2.75) is 39.4 Å². The lowest BCUT2D eigenvalue weighted by molar-refractivity contribution is -0.384. The molecule has 7 heteroatoms. The lowest BCUT2D eigenvalue weighted by atomic mass is 10.2. The van der Waals surface area contributed by atoms with Crippen LogP contribution in [0, 0.1) is 17.0 Å². The molecule has 0 radical (unpaired) electrons. The van der Waals surface area contributed by atoms with E-state index in [9.17, 15) is 14.9 Å². The van der Waals surface area contributed by atoms with Crippen LogP contribution < -0.4 is 10.1 Å². The van der Waals surface area contributed by atoms with Crippen molar-refractivity contribution in [3.8, 4) is 5.75 Å². The van der Waals surface area contributed by atoms with Gasteiger partial charge in [-0.1, -0.05) is 0 Å². The zero-order valence-electron chi connectivity index (χ0n) is 13.3. The molecule has 1 aromatic rings. The second-order valence-electron chi connectivity index (χ2n) is 5.93. The number of nitrogens with one attached hydrogen (secondary N) is 1. The lowest BCUT2D eigenvalue weighted by Gasteiger charge is -2.28. The second-order valence-corrected chi connectivity index (χ2v) is 5.93. The van der Waals surface area contributed by atoms with Gasteiger partial charge in [-0.3, -0.25) is 14.9 Å². The average molecular weight is 310 g/mol. The number of hydrogen-bond donors (Lipinski definition) is 1. The summed E-state index contributed by atoms with van der Waals surface area (Å²) in [5.41, 5.74) is 0.588. The lowest BCUT2D eigenvalue weighted by Crippen LogP contribution is -2.50. The maximum absolute atomic E-state index is 10.5. The third-order valence-electron chi connectivity index (χ3n) is 2.81. The van der Waals surface area contributed by atoms with Crippen LogP contribution in [0.3, 0.4) is 0 Å². The fourth-order valence-corrected chi connectivity index (χ4v) is 1.55. The first kappa shape index (κ1) is 17.9. The highest BCUT2D eigenvalue weighted by molar-refractivity contribution is 5.43. The molecule has 0 atom stereocenters. The molecule has 1 aliphatic heterocycles. The molecular weight excluding hydrogens is 288 g/mol. The predicted octanol–water partition coefficient (Wildman–Crippen LogP) is 2.21. The van der Waals surface area contributed by atoms with E-state index in [-0.39, 0.29) is 17.4 Å². The Bertz CT molecular complexity index is 521.